The van der Waals surface area contributed by atoms with Crippen molar-refractivity contribution in [1.29, 1.82) is 0 Å². The number of carbonyl (C=O) groups excluding carboxylic acids is 1. The zero-order valence-electron chi connectivity index (χ0n) is 14.0. The number of nitrogens with one attached hydrogen (secondary N) is 1. The zero-order chi connectivity index (χ0) is 18.0. The summed E-state index contributed by atoms with van der Waals surface area (Å²) in [6.45, 7) is 4.26. The molecular weight excluding hydrogens is 338 g/mol. The summed E-state index contributed by atoms with van der Waals surface area (Å²) >= 11 is 6.39. The van der Waals surface area contributed by atoms with Gasteiger partial charge in [-0.15, -0.1) is 0 Å². The van der Waals surface area contributed by atoms with Crippen molar-refractivity contribution < 1.29 is 9.90 Å². The fraction of sp³-hybridized carbons (Fsp3) is 0.158. The summed E-state index contributed by atoms with van der Waals surface area (Å²) in [4.78, 5) is 12.5. The molecule has 3 aromatic rings. The summed E-state index contributed by atoms with van der Waals surface area (Å²) in [6.07, 6.45) is 0. The van der Waals surface area contributed by atoms with Gasteiger partial charge < -0.3 is 10.4 Å². The summed E-state index contributed by atoms with van der Waals surface area (Å²) in [6, 6.07) is 14.4. The van der Waals surface area contributed by atoms with Crippen LogP contribution in [-0.4, -0.2) is 20.8 Å². The molecule has 0 unspecified atom stereocenters. The molecule has 25 heavy (non-hydrogen) atoms. The molecule has 1 aromatic heterocycles. The average molecular weight is 356 g/mol. The Kier molecular flexibility index (Phi) is 4.76. The van der Waals surface area contributed by atoms with Crippen molar-refractivity contribution in [2.75, 3.05) is 5.32 Å². The number of phenols is 1. The first-order valence-corrected chi connectivity index (χ1v) is 8.20. The number of hydrogen-bond acceptors (Lipinski definition) is 3. The molecule has 5 nitrogen and oxygen atoms in total. The van der Waals surface area contributed by atoms with Crippen LogP contribution in [0.25, 0.3) is 0 Å². The van der Waals surface area contributed by atoms with E-state index in [0.717, 1.165) is 5.56 Å². The summed E-state index contributed by atoms with van der Waals surface area (Å²) in [7, 11) is 0. The number of carbonyl (C=O) groups is 1. The van der Waals surface area contributed by atoms with Gasteiger partial charge in [0.05, 0.1) is 17.8 Å². The number of hydrogen-bond donors (Lipinski definition) is 2. The van der Waals surface area contributed by atoms with Gasteiger partial charge in [0.15, 0.2) is 0 Å². The Labute approximate surface area is 150 Å². The largest absolute Gasteiger partial charge is 0.508 e. The molecule has 128 valence electrons. The third-order valence-electron chi connectivity index (χ3n) is 3.85. The van der Waals surface area contributed by atoms with E-state index in [9.17, 15) is 9.90 Å². The van der Waals surface area contributed by atoms with Gasteiger partial charge in [0.2, 0.25) is 0 Å². The van der Waals surface area contributed by atoms with Crippen LogP contribution in [0.1, 0.15) is 27.2 Å². The van der Waals surface area contributed by atoms with Gasteiger partial charge in [0.25, 0.3) is 5.91 Å². The molecule has 0 aliphatic rings. The van der Waals surface area contributed by atoms with E-state index < -0.39 is 0 Å². The molecule has 3 rings (SSSR count). The lowest BCUT2D eigenvalue weighted by Gasteiger charge is -2.06. The first-order valence-electron chi connectivity index (χ1n) is 7.83. The van der Waals surface area contributed by atoms with Crippen LogP contribution in [0.4, 0.5) is 5.69 Å². The molecule has 0 fully saturated rings. The number of aromatic hydroxyl groups is 1. The van der Waals surface area contributed by atoms with E-state index >= 15 is 0 Å². The number of nitrogens with zero attached hydrogens (tertiary/aromatic N) is 2. The molecule has 0 radical (unpaired) electrons. The molecule has 1 amide bonds. The molecule has 0 saturated carbocycles. The number of amides is 1. The maximum atomic E-state index is 12.5. The van der Waals surface area contributed by atoms with Crippen molar-refractivity contribution in [2.45, 2.75) is 20.4 Å². The van der Waals surface area contributed by atoms with Crippen molar-refractivity contribution in [3.05, 3.63) is 76.1 Å². The third kappa shape index (κ3) is 3.83. The quantitative estimate of drug-likeness (QED) is 0.738. The highest BCUT2D eigenvalue weighted by atomic mass is 35.5. The maximum Gasteiger partial charge on any atom is 0.260 e. The van der Waals surface area contributed by atoms with E-state index in [-0.39, 0.29) is 16.8 Å². The van der Waals surface area contributed by atoms with E-state index in [1.165, 1.54) is 17.7 Å². The number of aryl methyl sites for hydroxylation is 2. The Morgan fingerprint density at radius 2 is 1.92 bits per heavy atom. The second-order valence-corrected chi connectivity index (χ2v) is 6.26. The van der Waals surface area contributed by atoms with Crippen molar-refractivity contribution >= 4 is 23.2 Å². The lowest BCUT2D eigenvalue weighted by atomic mass is 10.1. The summed E-state index contributed by atoms with van der Waals surface area (Å²) < 4.78 is 1.61. The molecular formula is C19H18ClN3O2. The minimum absolute atomic E-state index is 0.0793. The van der Waals surface area contributed by atoms with Gasteiger partial charge in [-0.25, -0.2) is 4.68 Å². The Hall–Kier alpha value is -2.79. The number of rotatable bonds is 4. The van der Waals surface area contributed by atoms with Crippen molar-refractivity contribution in [3.63, 3.8) is 0 Å². The van der Waals surface area contributed by atoms with E-state index in [4.69, 9.17) is 11.6 Å². The van der Waals surface area contributed by atoms with Crippen molar-refractivity contribution in [1.82, 2.24) is 9.78 Å². The van der Waals surface area contributed by atoms with Crippen LogP contribution in [0.5, 0.6) is 5.75 Å². The first kappa shape index (κ1) is 17.0. The first-order chi connectivity index (χ1) is 11.9. The number of aromatic nitrogens is 2. The molecule has 0 aliphatic carbocycles. The average Bonchev–Trinajstić information content (AvgIpc) is 2.83. The highest BCUT2D eigenvalue weighted by molar-refractivity contribution is 6.33. The molecule has 1 heterocycles. The normalized spacial score (nSPS) is 10.7. The molecule has 0 atom stereocenters. The number of halogens is 1. The predicted octanol–water partition coefficient (Wildman–Crippen LogP) is 4.16. The second-order valence-electron chi connectivity index (χ2n) is 5.90. The fourth-order valence-corrected chi connectivity index (χ4v) is 2.88. The van der Waals surface area contributed by atoms with Gasteiger partial charge in [-0.2, -0.15) is 5.10 Å². The van der Waals surface area contributed by atoms with Crippen LogP contribution >= 0.6 is 11.6 Å². The minimum atomic E-state index is -0.358. The van der Waals surface area contributed by atoms with Crippen LogP contribution < -0.4 is 5.32 Å². The van der Waals surface area contributed by atoms with Gasteiger partial charge >= 0.3 is 0 Å². The van der Waals surface area contributed by atoms with E-state index in [1.54, 1.807) is 23.7 Å². The second kappa shape index (κ2) is 6.99. The summed E-state index contributed by atoms with van der Waals surface area (Å²) in [5.74, 6) is -0.279. The molecule has 2 N–H and O–H groups in total. The topological polar surface area (TPSA) is 67.2 Å². The van der Waals surface area contributed by atoms with Crippen LogP contribution in [0.2, 0.25) is 5.15 Å². The highest BCUT2D eigenvalue weighted by Gasteiger charge is 2.20. The smallest absolute Gasteiger partial charge is 0.260 e. The van der Waals surface area contributed by atoms with Crippen molar-refractivity contribution in [2.24, 2.45) is 0 Å². The Balaban J connectivity index is 1.83. The summed E-state index contributed by atoms with van der Waals surface area (Å²) in [5.41, 5.74) is 3.60. The van der Waals surface area contributed by atoms with Crippen molar-refractivity contribution in [3.8, 4) is 5.75 Å². The minimum Gasteiger partial charge on any atom is -0.508 e. The van der Waals surface area contributed by atoms with E-state index in [0.29, 0.717) is 23.5 Å². The van der Waals surface area contributed by atoms with Gasteiger partial charge in [-0.3, -0.25) is 4.79 Å². The van der Waals surface area contributed by atoms with Gasteiger partial charge in [-0.05, 0) is 31.5 Å². The molecule has 0 bridgehead atoms. The Bertz CT molecular complexity index is 917. The van der Waals surface area contributed by atoms with Crippen LogP contribution in [0, 0.1) is 13.8 Å². The highest BCUT2D eigenvalue weighted by Crippen LogP contribution is 2.23. The number of anilines is 1. The Morgan fingerprint density at radius 1 is 1.20 bits per heavy atom. The van der Waals surface area contributed by atoms with Crippen LogP contribution in [0.15, 0.2) is 48.5 Å². The number of benzene rings is 2. The Morgan fingerprint density at radius 3 is 2.60 bits per heavy atom. The zero-order valence-corrected chi connectivity index (χ0v) is 14.7. The molecule has 0 spiro atoms. The SMILES string of the molecule is Cc1ccc(Cn2nc(C)c(C(=O)Nc3cccc(O)c3)c2Cl)cc1. The van der Waals surface area contributed by atoms with Gasteiger partial charge in [0.1, 0.15) is 10.9 Å². The lowest BCUT2D eigenvalue weighted by molar-refractivity contribution is 0.102. The van der Waals surface area contributed by atoms with Gasteiger partial charge in [-0.1, -0.05) is 47.5 Å². The standard InChI is InChI=1S/C19H18ClN3O2/c1-12-6-8-14(9-7-12)11-23-18(20)17(13(2)22-23)19(25)21-15-4-3-5-16(24)10-15/h3-10,24H,11H2,1-2H3,(H,21,25). The molecule has 2 aromatic carbocycles. The van der Waals surface area contributed by atoms with Gasteiger partial charge in [0, 0.05) is 11.8 Å². The van der Waals surface area contributed by atoms with E-state index in [2.05, 4.69) is 10.4 Å². The lowest BCUT2D eigenvalue weighted by Crippen LogP contribution is -2.13. The van der Waals surface area contributed by atoms with Crippen LogP contribution in [-0.2, 0) is 6.54 Å². The molecule has 6 heteroatoms. The fourth-order valence-electron chi connectivity index (χ4n) is 2.56. The maximum absolute atomic E-state index is 12.5. The summed E-state index contributed by atoms with van der Waals surface area (Å²) in [5, 5.41) is 16.9. The third-order valence-corrected chi connectivity index (χ3v) is 4.23. The van der Waals surface area contributed by atoms with Crippen LogP contribution in [0.3, 0.4) is 0 Å². The molecule has 0 aliphatic heterocycles. The number of phenolic OH excluding ortho intramolecular Hbond substituents is 1. The predicted molar refractivity (Wildman–Crippen MR) is 98.3 cm³/mol. The van der Waals surface area contributed by atoms with E-state index in [1.807, 2.05) is 31.2 Å². The monoisotopic (exact) mass is 355 g/mol. The molecule has 0 saturated heterocycles.